The van der Waals surface area contributed by atoms with Gasteiger partial charge in [0.1, 0.15) is 6.33 Å². The lowest BCUT2D eigenvalue weighted by molar-refractivity contribution is 1.16. The fraction of sp³-hybridized carbons (Fsp3) is 0. The predicted octanol–water partition coefficient (Wildman–Crippen LogP) is 3.45. The molecule has 3 rings (SSSR count). The van der Waals surface area contributed by atoms with Crippen molar-refractivity contribution in [1.82, 2.24) is 15.0 Å². The standard InChI is InChI=1S/C13H8BrN3/c14-11-3-1-2-9-4-5-12(17-13(9)11)10-6-15-8-16-7-10/h1-8H. The number of pyridine rings is 1. The lowest BCUT2D eigenvalue weighted by atomic mass is 10.1. The van der Waals surface area contributed by atoms with Gasteiger partial charge in [-0.25, -0.2) is 15.0 Å². The first kappa shape index (κ1) is 10.4. The van der Waals surface area contributed by atoms with Crippen LogP contribution in [0.4, 0.5) is 0 Å². The van der Waals surface area contributed by atoms with Gasteiger partial charge >= 0.3 is 0 Å². The number of aromatic nitrogens is 3. The van der Waals surface area contributed by atoms with E-state index in [-0.39, 0.29) is 0 Å². The minimum Gasteiger partial charge on any atom is -0.246 e. The molecule has 1 aromatic carbocycles. The fourth-order valence-electron chi connectivity index (χ4n) is 1.70. The summed E-state index contributed by atoms with van der Waals surface area (Å²) in [5.41, 5.74) is 2.75. The Morgan fingerprint density at radius 2 is 1.76 bits per heavy atom. The van der Waals surface area contributed by atoms with Gasteiger partial charge in [-0.2, -0.15) is 0 Å². The van der Waals surface area contributed by atoms with Crippen molar-refractivity contribution in [2.24, 2.45) is 0 Å². The van der Waals surface area contributed by atoms with Gasteiger partial charge in [0.2, 0.25) is 0 Å². The highest BCUT2D eigenvalue weighted by molar-refractivity contribution is 9.10. The Morgan fingerprint density at radius 3 is 2.59 bits per heavy atom. The van der Waals surface area contributed by atoms with E-state index in [2.05, 4.69) is 36.9 Å². The zero-order valence-electron chi connectivity index (χ0n) is 8.84. The van der Waals surface area contributed by atoms with Gasteiger partial charge in [-0.15, -0.1) is 0 Å². The van der Waals surface area contributed by atoms with Crippen molar-refractivity contribution in [3.8, 4) is 11.3 Å². The molecule has 0 spiro atoms. The number of hydrogen-bond donors (Lipinski definition) is 0. The minimum atomic E-state index is 0.880. The molecule has 0 saturated heterocycles. The quantitative estimate of drug-likeness (QED) is 0.687. The Morgan fingerprint density at radius 1 is 0.941 bits per heavy atom. The van der Waals surface area contributed by atoms with Gasteiger partial charge in [0, 0.05) is 27.8 Å². The summed E-state index contributed by atoms with van der Waals surface area (Å²) in [4.78, 5) is 12.6. The number of benzene rings is 1. The molecule has 0 amide bonds. The molecule has 0 N–H and O–H groups in total. The summed E-state index contributed by atoms with van der Waals surface area (Å²) in [5.74, 6) is 0. The average Bonchev–Trinajstić information content (AvgIpc) is 2.40. The Balaban J connectivity index is 2.23. The monoisotopic (exact) mass is 285 g/mol. The van der Waals surface area contributed by atoms with Crippen LogP contribution in [0.15, 0.2) is 53.5 Å². The highest BCUT2D eigenvalue weighted by Gasteiger charge is 2.03. The first-order valence-corrected chi connectivity index (χ1v) is 5.94. The molecule has 0 bridgehead atoms. The fourth-order valence-corrected chi connectivity index (χ4v) is 2.17. The highest BCUT2D eigenvalue weighted by atomic mass is 79.9. The third-order valence-corrected chi connectivity index (χ3v) is 3.17. The summed E-state index contributed by atoms with van der Waals surface area (Å²) in [7, 11) is 0. The molecule has 0 saturated carbocycles. The van der Waals surface area contributed by atoms with Crippen LogP contribution in [0, 0.1) is 0 Å². The number of fused-ring (bicyclic) bond motifs is 1. The minimum absolute atomic E-state index is 0.880. The third kappa shape index (κ3) is 1.91. The van der Waals surface area contributed by atoms with Gasteiger partial charge in [0.05, 0.1) is 11.2 Å². The molecule has 0 aliphatic heterocycles. The summed E-state index contributed by atoms with van der Waals surface area (Å²) in [6.07, 6.45) is 5.04. The number of hydrogen-bond acceptors (Lipinski definition) is 3. The van der Waals surface area contributed by atoms with E-state index in [1.807, 2.05) is 24.3 Å². The Bertz CT molecular complexity index is 668. The second-order valence-electron chi connectivity index (χ2n) is 3.64. The average molecular weight is 286 g/mol. The number of halogens is 1. The van der Waals surface area contributed by atoms with Gasteiger partial charge < -0.3 is 0 Å². The van der Waals surface area contributed by atoms with E-state index in [1.165, 1.54) is 6.33 Å². The van der Waals surface area contributed by atoms with Crippen molar-refractivity contribution in [2.75, 3.05) is 0 Å². The molecular formula is C13H8BrN3. The van der Waals surface area contributed by atoms with Gasteiger partial charge in [0.15, 0.2) is 0 Å². The van der Waals surface area contributed by atoms with Crippen LogP contribution in [0.3, 0.4) is 0 Å². The summed E-state index contributed by atoms with van der Waals surface area (Å²) < 4.78 is 0.994. The van der Waals surface area contributed by atoms with Crippen LogP contribution in [0.5, 0.6) is 0 Å². The van der Waals surface area contributed by atoms with Gasteiger partial charge in [0.25, 0.3) is 0 Å². The molecule has 2 aromatic heterocycles. The van der Waals surface area contributed by atoms with E-state index in [4.69, 9.17) is 0 Å². The molecule has 3 aromatic rings. The Kier molecular flexibility index (Phi) is 2.57. The molecule has 4 heteroatoms. The molecule has 3 nitrogen and oxygen atoms in total. The molecular weight excluding hydrogens is 278 g/mol. The van der Waals surface area contributed by atoms with Crippen molar-refractivity contribution >= 4 is 26.8 Å². The first-order chi connectivity index (χ1) is 8.34. The van der Waals surface area contributed by atoms with E-state index in [0.29, 0.717) is 0 Å². The SMILES string of the molecule is Brc1cccc2ccc(-c3cncnc3)nc12. The number of rotatable bonds is 1. The van der Waals surface area contributed by atoms with Crippen molar-refractivity contribution < 1.29 is 0 Å². The van der Waals surface area contributed by atoms with Crippen LogP contribution in [0.2, 0.25) is 0 Å². The van der Waals surface area contributed by atoms with Crippen LogP contribution in [0.1, 0.15) is 0 Å². The Labute approximate surface area is 107 Å². The molecule has 2 heterocycles. The van der Waals surface area contributed by atoms with Crippen molar-refractivity contribution in [3.63, 3.8) is 0 Å². The number of para-hydroxylation sites is 1. The van der Waals surface area contributed by atoms with Gasteiger partial charge in [-0.05, 0) is 28.1 Å². The maximum absolute atomic E-state index is 4.62. The molecule has 0 radical (unpaired) electrons. The van der Waals surface area contributed by atoms with Crippen LogP contribution in [-0.2, 0) is 0 Å². The van der Waals surface area contributed by atoms with E-state index in [9.17, 15) is 0 Å². The van der Waals surface area contributed by atoms with Crippen LogP contribution < -0.4 is 0 Å². The molecule has 0 aliphatic carbocycles. The highest BCUT2D eigenvalue weighted by Crippen LogP contribution is 2.25. The smallest absolute Gasteiger partial charge is 0.115 e. The Hall–Kier alpha value is -1.81. The molecule has 82 valence electrons. The molecule has 0 fully saturated rings. The van der Waals surface area contributed by atoms with E-state index < -0.39 is 0 Å². The van der Waals surface area contributed by atoms with Crippen molar-refractivity contribution in [2.45, 2.75) is 0 Å². The topological polar surface area (TPSA) is 38.7 Å². The van der Waals surface area contributed by atoms with Crippen LogP contribution in [0.25, 0.3) is 22.2 Å². The molecule has 0 aliphatic rings. The summed E-state index contributed by atoms with van der Waals surface area (Å²) >= 11 is 3.51. The lowest BCUT2D eigenvalue weighted by Crippen LogP contribution is -1.87. The second-order valence-corrected chi connectivity index (χ2v) is 4.49. The predicted molar refractivity (Wildman–Crippen MR) is 70.5 cm³/mol. The first-order valence-electron chi connectivity index (χ1n) is 5.15. The van der Waals surface area contributed by atoms with E-state index >= 15 is 0 Å². The zero-order valence-corrected chi connectivity index (χ0v) is 10.4. The van der Waals surface area contributed by atoms with Crippen LogP contribution in [-0.4, -0.2) is 15.0 Å². The third-order valence-electron chi connectivity index (χ3n) is 2.53. The zero-order chi connectivity index (χ0) is 11.7. The molecule has 0 atom stereocenters. The maximum atomic E-state index is 4.62. The normalized spacial score (nSPS) is 10.6. The van der Waals surface area contributed by atoms with E-state index in [1.54, 1.807) is 12.4 Å². The maximum Gasteiger partial charge on any atom is 0.115 e. The molecule has 17 heavy (non-hydrogen) atoms. The summed E-state index contributed by atoms with van der Waals surface area (Å²) in [6, 6.07) is 10.1. The number of nitrogens with zero attached hydrogens (tertiary/aromatic N) is 3. The van der Waals surface area contributed by atoms with Gasteiger partial charge in [-0.3, -0.25) is 0 Å². The van der Waals surface area contributed by atoms with Crippen molar-refractivity contribution in [1.29, 1.82) is 0 Å². The van der Waals surface area contributed by atoms with E-state index in [0.717, 1.165) is 26.6 Å². The summed E-state index contributed by atoms with van der Waals surface area (Å²) in [6.45, 7) is 0. The largest absolute Gasteiger partial charge is 0.246 e. The van der Waals surface area contributed by atoms with Crippen molar-refractivity contribution in [3.05, 3.63) is 53.5 Å². The lowest BCUT2D eigenvalue weighted by Gasteiger charge is -2.03. The summed E-state index contributed by atoms with van der Waals surface area (Å²) in [5, 5.41) is 1.11. The van der Waals surface area contributed by atoms with Crippen LogP contribution >= 0.6 is 15.9 Å². The van der Waals surface area contributed by atoms with Gasteiger partial charge in [-0.1, -0.05) is 18.2 Å². The second kappa shape index (κ2) is 4.22. The molecule has 0 unspecified atom stereocenters.